The summed E-state index contributed by atoms with van der Waals surface area (Å²) in [4.78, 5) is 0. The molecule has 2 rings (SSSR count). The van der Waals surface area contributed by atoms with E-state index in [-0.39, 0.29) is 24.4 Å². The van der Waals surface area contributed by atoms with E-state index in [0.29, 0.717) is 0 Å². The zero-order valence-corrected chi connectivity index (χ0v) is 16.2. The lowest BCUT2D eigenvalue weighted by Crippen LogP contribution is -2.09. The number of rotatable bonds is 8. The van der Waals surface area contributed by atoms with Gasteiger partial charge in [0.15, 0.2) is 0 Å². The minimum atomic E-state index is -0.0274. The van der Waals surface area contributed by atoms with E-state index >= 15 is 0 Å². The van der Waals surface area contributed by atoms with E-state index in [1.165, 1.54) is 0 Å². The second kappa shape index (κ2) is 8.91. The van der Waals surface area contributed by atoms with Crippen molar-refractivity contribution in [1.29, 1.82) is 0 Å². The van der Waals surface area contributed by atoms with Crippen LogP contribution in [0.25, 0.3) is 0 Å². The van der Waals surface area contributed by atoms with E-state index in [2.05, 4.69) is 38.1 Å². The van der Waals surface area contributed by atoms with Crippen LogP contribution in [-0.2, 0) is 4.74 Å². The predicted molar refractivity (Wildman–Crippen MR) is 102 cm³/mol. The first kappa shape index (κ1) is 19.3. The van der Waals surface area contributed by atoms with Gasteiger partial charge in [-0.1, -0.05) is 24.3 Å². The van der Waals surface area contributed by atoms with Gasteiger partial charge in [0.05, 0.1) is 24.4 Å². The maximum Gasteiger partial charge on any atom is 0.120 e. The summed E-state index contributed by atoms with van der Waals surface area (Å²) in [5.41, 5.74) is 2.22. The fourth-order valence-corrected chi connectivity index (χ4v) is 2.69. The van der Waals surface area contributed by atoms with Crippen molar-refractivity contribution < 1.29 is 14.2 Å². The van der Waals surface area contributed by atoms with Gasteiger partial charge in [-0.3, -0.25) is 0 Å². The van der Waals surface area contributed by atoms with Gasteiger partial charge in [0.2, 0.25) is 0 Å². The lowest BCUT2D eigenvalue weighted by atomic mass is 10.1. The molecule has 0 aromatic heterocycles. The van der Waals surface area contributed by atoms with E-state index in [1.807, 2.05) is 52.0 Å². The molecule has 136 valence electrons. The van der Waals surface area contributed by atoms with Gasteiger partial charge in [-0.25, -0.2) is 0 Å². The molecule has 0 saturated carbocycles. The molecule has 0 N–H and O–H groups in total. The molecule has 0 fully saturated rings. The molecular formula is C22H30O3. The van der Waals surface area contributed by atoms with Crippen molar-refractivity contribution in [3.05, 3.63) is 59.7 Å². The third-order valence-corrected chi connectivity index (χ3v) is 3.81. The quantitative estimate of drug-likeness (QED) is 0.580. The van der Waals surface area contributed by atoms with Crippen LogP contribution in [0.4, 0.5) is 0 Å². The lowest BCUT2D eigenvalue weighted by Gasteiger charge is -2.21. The Morgan fingerprint density at radius 2 is 1.00 bits per heavy atom. The molecule has 0 amide bonds. The van der Waals surface area contributed by atoms with Crippen molar-refractivity contribution in [3.63, 3.8) is 0 Å². The van der Waals surface area contributed by atoms with Crippen LogP contribution in [0.3, 0.4) is 0 Å². The molecule has 0 heterocycles. The fourth-order valence-electron chi connectivity index (χ4n) is 2.69. The first-order valence-electron chi connectivity index (χ1n) is 9.04. The highest BCUT2D eigenvalue weighted by atomic mass is 16.5. The van der Waals surface area contributed by atoms with Crippen LogP contribution in [0, 0.1) is 0 Å². The summed E-state index contributed by atoms with van der Waals surface area (Å²) in [6, 6.07) is 16.2. The molecule has 25 heavy (non-hydrogen) atoms. The zero-order valence-electron chi connectivity index (χ0n) is 16.2. The van der Waals surface area contributed by atoms with Gasteiger partial charge in [0, 0.05) is 0 Å². The number of hydrogen-bond acceptors (Lipinski definition) is 3. The smallest absolute Gasteiger partial charge is 0.120 e. The van der Waals surface area contributed by atoms with Gasteiger partial charge in [-0.15, -0.1) is 0 Å². The molecule has 0 aliphatic rings. The summed E-state index contributed by atoms with van der Waals surface area (Å²) in [5, 5.41) is 0. The highest BCUT2D eigenvalue weighted by Crippen LogP contribution is 2.29. The van der Waals surface area contributed by atoms with Crippen LogP contribution in [0.2, 0.25) is 0 Å². The second-order valence-corrected chi connectivity index (χ2v) is 6.90. The Labute approximate surface area is 151 Å². The Balaban J connectivity index is 2.06. The summed E-state index contributed by atoms with van der Waals surface area (Å²) in [6.07, 6.45) is 0.268. The van der Waals surface area contributed by atoms with Crippen LogP contribution in [-0.4, -0.2) is 12.2 Å². The molecule has 2 aromatic rings. The van der Waals surface area contributed by atoms with Crippen molar-refractivity contribution >= 4 is 0 Å². The topological polar surface area (TPSA) is 27.7 Å². The van der Waals surface area contributed by atoms with Crippen molar-refractivity contribution in [3.8, 4) is 11.5 Å². The molecule has 0 aliphatic heterocycles. The molecule has 3 nitrogen and oxygen atoms in total. The molecule has 0 aliphatic carbocycles. The van der Waals surface area contributed by atoms with E-state index in [4.69, 9.17) is 14.2 Å². The maximum atomic E-state index is 6.23. The molecule has 2 atom stereocenters. The molecular weight excluding hydrogens is 312 g/mol. The summed E-state index contributed by atoms with van der Waals surface area (Å²) in [6.45, 7) is 12.3. The monoisotopic (exact) mass is 342 g/mol. The third-order valence-electron chi connectivity index (χ3n) is 3.81. The zero-order chi connectivity index (χ0) is 18.4. The Kier molecular flexibility index (Phi) is 6.89. The summed E-state index contributed by atoms with van der Waals surface area (Å²) >= 11 is 0. The molecule has 2 unspecified atom stereocenters. The summed E-state index contributed by atoms with van der Waals surface area (Å²) in [7, 11) is 0. The van der Waals surface area contributed by atoms with E-state index < -0.39 is 0 Å². The highest BCUT2D eigenvalue weighted by Gasteiger charge is 2.14. The van der Waals surface area contributed by atoms with Crippen molar-refractivity contribution in [2.75, 3.05) is 0 Å². The largest absolute Gasteiger partial charge is 0.491 e. The van der Waals surface area contributed by atoms with Gasteiger partial charge < -0.3 is 14.2 Å². The van der Waals surface area contributed by atoms with E-state index in [1.54, 1.807) is 0 Å². The maximum absolute atomic E-state index is 6.23. The Bertz CT molecular complexity index is 606. The minimum absolute atomic E-state index is 0.0274. The predicted octanol–water partition coefficient (Wildman–Crippen LogP) is 6.10. The SMILES string of the molecule is CC(C)Oc1cccc(C(C)OC(C)c2cccc(OC(C)C)c2)c1. The van der Waals surface area contributed by atoms with Crippen LogP contribution in [0.5, 0.6) is 11.5 Å². The number of ether oxygens (including phenoxy) is 3. The lowest BCUT2D eigenvalue weighted by molar-refractivity contribution is 0.00555. The third kappa shape index (κ3) is 6.09. The summed E-state index contributed by atoms with van der Waals surface area (Å²) < 4.78 is 17.8. The second-order valence-electron chi connectivity index (χ2n) is 6.90. The van der Waals surface area contributed by atoms with Crippen molar-refractivity contribution in [2.24, 2.45) is 0 Å². The number of hydrogen-bond donors (Lipinski definition) is 0. The molecule has 2 aromatic carbocycles. The van der Waals surface area contributed by atoms with Gasteiger partial charge in [-0.2, -0.15) is 0 Å². The number of benzene rings is 2. The Morgan fingerprint density at radius 3 is 1.36 bits per heavy atom. The van der Waals surface area contributed by atoms with Crippen LogP contribution < -0.4 is 9.47 Å². The normalized spacial score (nSPS) is 13.8. The average Bonchev–Trinajstić information content (AvgIpc) is 2.54. The molecule has 3 heteroatoms. The minimum Gasteiger partial charge on any atom is -0.491 e. The van der Waals surface area contributed by atoms with E-state index in [0.717, 1.165) is 22.6 Å². The van der Waals surface area contributed by atoms with E-state index in [9.17, 15) is 0 Å². The average molecular weight is 342 g/mol. The van der Waals surface area contributed by atoms with Crippen LogP contribution in [0.15, 0.2) is 48.5 Å². The first-order chi connectivity index (χ1) is 11.8. The molecule has 0 radical (unpaired) electrons. The first-order valence-corrected chi connectivity index (χ1v) is 9.04. The Morgan fingerprint density at radius 1 is 0.600 bits per heavy atom. The standard InChI is InChI=1S/C22H30O3/c1-15(2)23-21-11-7-9-19(13-21)17(5)25-18(6)20-10-8-12-22(14-20)24-16(3)4/h7-18H,1-6H3. The van der Waals surface area contributed by atoms with Gasteiger partial charge in [0.1, 0.15) is 11.5 Å². The van der Waals surface area contributed by atoms with Gasteiger partial charge in [0.25, 0.3) is 0 Å². The van der Waals surface area contributed by atoms with Gasteiger partial charge >= 0.3 is 0 Å². The molecule has 0 spiro atoms. The Hall–Kier alpha value is -2.00. The highest BCUT2D eigenvalue weighted by molar-refractivity contribution is 5.31. The van der Waals surface area contributed by atoms with Crippen LogP contribution >= 0.6 is 0 Å². The molecule has 0 saturated heterocycles. The van der Waals surface area contributed by atoms with Crippen LogP contribution in [0.1, 0.15) is 64.9 Å². The van der Waals surface area contributed by atoms with Crippen molar-refractivity contribution in [2.45, 2.75) is 66.0 Å². The van der Waals surface area contributed by atoms with Gasteiger partial charge in [-0.05, 0) is 76.9 Å². The van der Waals surface area contributed by atoms with Crippen molar-refractivity contribution in [1.82, 2.24) is 0 Å². The molecule has 0 bridgehead atoms. The fraction of sp³-hybridized carbons (Fsp3) is 0.455. The summed E-state index contributed by atoms with van der Waals surface area (Å²) in [5.74, 6) is 1.76.